The lowest BCUT2D eigenvalue weighted by Gasteiger charge is -1.97. The molecule has 0 radical (unpaired) electrons. The summed E-state index contributed by atoms with van der Waals surface area (Å²) >= 11 is 0. The van der Waals surface area contributed by atoms with Crippen LogP contribution in [-0.4, -0.2) is 27.3 Å². The third kappa shape index (κ3) is 53.6. The lowest BCUT2D eigenvalue weighted by atomic mass is 10.3. The quantitative estimate of drug-likeness (QED) is 0.294. The predicted molar refractivity (Wildman–Crippen MR) is 39.4 cm³/mol. The first kappa shape index (κ1) is 14.2. The van der Waals surface area contributed by atoms with Crippen LogP contribution in [0.2, 0.25) is 0 Å². The first-order valence-corrected chi connectivity index (χ1v) is 3.44. The van der Waals surface area contributed by atoms with E-state index in [1.807, 2.05) is 13.8 Å². The second-order valence-electron chi connectivity index (χ2n) is 1.60. The van der Waals surface area contributed by atoms with E-state index in [9.17, 15) is 17.3 Å². The summed E-state index contributed by atoms with van der Waals surface area (Å²) in [4.78, 5) is 0. The molecule has 12 heavy (non-hydrogen) atoms. The molecule has 76 valence electrons. The van der Waals surface area contributed by atoms with Crippen LogP contribution in [0.4, 0.5) is 17.3 Å². The van der Waals surface area contributed by atoms with E-state index in [0.29, 0.717) is 6.79 Å². The monoisotopic (exact) mass is 192 g/mol. The molecule has 0 spiro atoms. The smallest absolute Gasteiger partial charge is 0.418 e. The second-order valence-corrected chi connectivity index (χ2v) is 1.60. The average molecular weight is 192 g/mol. The molecule has 7 heteroatoms. The highest BCUT2D eigenvalue weighted by atomic mass is 19.5. The number of rotatable bonds is 4. The normalized spacial score (nSPS) is 10.5. The lowest BCUT2D eigenvalue weighted by molar-refractivity contribution is -0.0445. The van der Waals surface area contributed by atoms with Crippen LogP contribution in [0.3, 0.4) is 0 Å². The molecule has 0 atom stereocenters. The molecule has 0 aromatic heterocycles. The molecule has 0 amide bonds. The Morgan fingerprint density at radius 3 is 1.42 bits per heavy atom. The standard InChI is InChI=1S/C5H12O2.BF4/c1-3-6-5-7-4-2;2-1(3,4)5/h3-5H2,1-2H3;/q;-1/p+1. The Hall–Kier alpha value is -0.295. The summed E-state index contributed by atoms with van der Waals surface area (Å²) in [6, 6.07) is 0. The molecule has 0 unspecified atom stereocenters. The minimum atomic E-state index is -6.00. The number of hydrogen-bond acceptors (Lipinski definition) is 2. The van der Waals surface area contributed by atoms with Crippen molar-refractivity contribution in [1.29, 1.82) is 0 Å². The molecule has 0 aliphatic heterocycles. The summed E-state index contributed by atoms with van der Waals surface area (Å²) in [5, 5.41) is 0. The Balaban J connectivity index is -0.000000150. The van der Waals surface area contributed by atoms with Gasteiger partial charge in [-0.25, -0.2) is 0 Å². The van der Waals surface area contributed by atoms with Crippen molar-refractivity contribution in [1.82, 2.24) is 0 Å². The van der Waals surface area contributed by atoms with E-state index in [0.717, 1.165) is 13.2 Å². The summed E-state index contributed by atoms with van der Waals surface area (Å²) in [6.07, 6.45) is 0. The van der Waals surface area contributed by atoms with Gasteiger partial charge >= 0.3 is 8.68 Å². The van der Waals surface area contributed by atoms with E-state index in [1.54, 1.807) is 0 Å². The highest BCUT2D eigenvalue weighted by molar-refractivity contribution is 6.50. The molecule has 0 aromatic carbocycles. The Labute approximate surface area is 70.4 Å². The zero-order chi connectivity index (χ0) is 10.0. The minimum absolute atomic E-state index is 0. The van der Waals surface area contributed by atoms with Crippen molar-refractivity contribution in [3.05, 3.63) is 0 Å². The van der Waals surface area contributed by atoms with Crippen LogP contribution in [0, 0.1) is 0 Å². The summed E-state index contributed by atoms with van der Waals surface area (Å²) in [5.74, 6) is 0. The fourth-order valence-corrected chi connectivity index (χ4v) is 0.226. The summed E-state index contributed by atoms with van der Waals surface area (Å²) in [6.45, 7) is 5.80. The van der Waals surface area contributed by atoms with Crippen molar-refractivity contribution in [3.8, 4) is 0 Å². The SMILES string of the molecule is CCOCOCC.F[B-](F)(F)F.[H+]. The van der Waals surface area contributed by atoms with Gasteiger partial charge in [0.05, 0.1) is 0 Å². The molecule has 0 aliphatic rings. The zero-order valence-corrected chi connectivity index (χ0v) is 7.03. The van der Waals surface area contributed by atoms with Crippen molar-refractivity contribution < 1.29 is 28.2 Å². The van der Waals surface area contributed by atoms with Crippen LogP contribution in [0.1, 0.15) is 15.3 Å². The zero-order valence-electron chi connectivity index (χ0n) is 8.03. The number of hydrogen-bond donors (Lipinski definition) is 0. The van der Waals surface area contributed by atoms with Crippen LogP contribution in [-0.2, 0) is 9.47 Å². The van der Waals surface area contributed by atoms with E-state index in [-0.39, 0.29) is 1.43 Å². The van der Waals surface area contributed by atoms with Gasteiger partial charge < -0.3 is 26.7 Å². The van der Waals surface area contributed by atoms with E-state index in [4.69, 9.17) is 9.47 Å². The molecule has 0 saturated carbocycles. The third-order valence-corrected chi connectivity index (χ3v) is 0.575. The Kier molecular flexibility index (Phi) is 10.4. The minimum Gasteiger partial charge on any atom is -0.418 e. The van der Waals surface area contributed by atoms with Crippen molar-refractivity contribution in [2.75, 3.05) is 20.0 Å². The first-order chi connectivity index (χ1) is 5.41. The molecular formula is C5H13BF4O2. The average Bonchev–Trinajstić information content (AvgIpc) is 1.85. The van der Waals surface area contributed by atoms with E-state index < -0.39 is 7.25 Å². The van der Waals surface area contributed by atoms with Gasteiger partial charge in [-0.1, -0.05) is 0 Å². The number of halogens is 4. The van der Waals surface area contributed by atoms with Crippen LogP contribution in [0.15, 0.2) is 0 Å². The maximum Gasteiger partial charge on any atom is 1.00 e. The van der Waals surface area contributed by atoms with Crippen LogP contribution in [0.25, 0.3) is 0 Å². The molecular weight excluding hydrogens is 179 g/mol. The van der Waals surface area contributed by atoms with Crippen molar-refractivity contribution in [3.63, 3.8) is 0 Å². The van der Waals surface area contributed by atoms with Gasteiger partial charge in [-0.3, -0.25) is 0 Å². The predicted octanol–water partition coefficient (Wildman–Crippen LogP) is 2.43. The molecule has 0 aromatic rings. The molecule has 0 aliphatic carbocycles. The highest BCUT2D eigenvalue weighted by Crippen LogP contribution is 2.06. The maximum absolute atomic E-state index is 9.75. The van der Waals surface area contributed by atoms with E-state index >= 15 is 0 Å². The van der Waals surface area contributed by atoms with Crippen LogP contribution < -0.4 is 0 Å². The van der Waals surface area contributed by atoms with Crippen LogP contribution >= 0.6 is 0 Å². The van der Waals surface area contributed by atoms with Gasteiger partial charge in [0.2, 0.25) is 0 Å². The molecule has 0 N–H and O–H groups in total. The molecule has 0 heterocycles. The molecule has 0 saturated heterocycles. The molecule has 0 rings (SSSR count). The fraction of sp³-hybridized carbons (Fsp3) is 1.00. The second kappa shape index (κ2) is 8.80. The topological polar surface area (TPSA) is 18.5 Å². The van der Waals surface area contributed by atoms with E-state index in [1.165, 1.54) is 0 Å². The van der Waals surface area contributed by atoms with Gasteiger partial charge in [0.1, 0.15) is 6.79 Å². The summed E-state index contributed by atoms with van der Waals surface area (Å²) < 4.78 is 48.7. The van der Waals surface area contributed by atoms with Crippen molar-refractivity contribution >= 4 is 7.25 Å². The number of ether oxygens (including phenoxy) is 2. The van der Waals surface area contributed by atoms with Crippen molar-refractivity contribution in [2.45, 2.75) is 13.8 Å². The Bertz CT molecular complexity index is 83.1. The van der Waals surface area contributed by atoms with Gasteiger partial charge in [-0.2, -0.15) is 0 Å². The summed E-state index contributed by atoms with van der Waals surface area (Å²) in [7, 11) is -6.00. The van der Waals surface area contributed by atoms with Gasteiger partial charge in [0.15, 0.2) is 0 Å². The van der Waals surface area contributed by atoms with Gasteiger partial charge in [0.25, 0.3) is 0 Å². The molecule has 2 nitrogen and oxygen atoms in total. The Morgan fingerprint density at radius 1 is 1.00 bits per heavy atom. The molecule has 0 bridgehead atoms. The lowest BCUT2D eigenvalue weighted by Crippen LogP contribution is -2.02. The molecule has 0 fully saturated rings. The van der Waals surface area contributed by atoms with Gasteiger partial charge in [0, 0.05) is 13.2 Å². The van der Waals surface area contributed by atoms with Gasteiger partial charge in [-0.05, 0) is 13.8 Å². The first-order valence-electron chi connectivity index (χ1n) is 3.44. The third-order valence-electron chi connectivity index (χ3n) is 0.575. The van der Waals surface area contributed by atoms with Gasteiger partial charge in [-0.15, -0.1) is 0 Å². The Morgan fingerprint density at radius 2 is 1.25 bits per heavy atom. The fourth-order valence-electron chi connectivity index (χ4n) is 0.226. The summed E-state index contributed by atoms with van der Waals surface area (Å²) in [5.41, 5.74) is 0. The van der Waals surface area contributed by atoms with Crippen LogP contribution in [0.5, 0.6) is 0 Å². The van der Waals surface area contributed by atoms with Crippen molar-refractivity contribution in [2.24, 2.45) is 0 Å². The van der Waals surface area contributed by atoms with E-state index in [2.05, 4.69) is 0 Å². The maximum atomic E-state index is 9.75. The highest BCUT2D eigenvalue weighted by Gasteiger charge is 2.20. The largest absolute Gasteiger partial charge is 1.00 e.